The molecule has 1 heterocycles. The highest BCUT2D eigenvalue weighted by molar-refractivity contribution is 7.80. The summed E-state index contributed by atoms with van der Waals surface area (Å²) < 4.78 is 0. The number of nitrogens with zero attached hydrogens (tertiary/aromatic N) is 3. The molecule has 0 saturated carbocycles. The van der Waals surface area contributed by atoms with Crippen LogP contribution >= 0.6 is 12.6 Å². The number of aromatic hydroxyl groups is 1. The maximum absolute atomic E-state index is 9.77. The number of nitrogens with two attached hydrogens (primary N) is 1. The molecule has 3 rings (SSSR count). The van der Waals surface area contributed by atoms with Gasteiger partial charge in [-0.1, -0.05) is 42.5 Å². The van der Waals surface area contributed by atoms with Crippen LogP contribution < -0.4 is 5.73 Å². The number of rotatable bonds is 2. The Balaban J connectivity index is 2.07. The van der Waals surface area contributed by atoms with Crippen LogP contribution in [0, 0.1) is 0 Å². The molecule has 0 amide bonds. The van der Waals surface area contributed by atoms with Gasteiger partial charge in [-0.25, -0.2) is 9.98 Å². The molecule has 0 fully saturated rings. The zero-order valence-corrected chi connectivity index (χ0v) is 11.8. The monoisotopic (exact) mass is 296 g/mol. The maximum atomic E-state index is 9.77. The lowest BCUT2D eigenvalue weighted by Gasteiger charge is -2.03. The van der Waals surface area contributed by atoms with Gasteiger partial charge in [-0.05, 0) is 10.8 Å². The molecule has 0 aliphatic rings. The fourth-order valence-electron chi connectivity index (χ4n) is 2.07. The Kier molecular flexibility index (Phi) is 3.45. The summed E-state index contributed by atoms with van der Waals surface area (Å²) in [6.45, 7) is 0. The van der Waals surface area contributed by atoms with E-state index in [4.69, 9.17) is 5.73 Å². The number of benzene rings is 2. The summed E-state index contributed by atoms with van der Waals surface area (Å²) in [6.07, 6.45) is 1.63. The van der Waals surface area contributed by atoms with Gasteiger partial charge in [0.15, 0.2) is 16.7 Å². The van der Waals surface area contributed by atoms with Crippen molar-refractivity contribution in [3.05, 3.63) is 48.0 Å². The lowest BCUT2D eigenvalue weighted by molar-refractivity contribution is 0.448. The second-order valence-electron chi connectivity index (χ2n) is 4.41. The Labute approximate surface area is 126 Å². The minimum absolute atomic E-state index is 0.0870. The largest absolute Gasteiger partial charge is 0.492 e. The zero-order chi connectivity index (χ0) is 14.8. The molecule has 6 heteroatoms. The quantitative estimate of drug-likeness (QED) is 0.385. The van der Waals surface area contributed by atoms with Crippen LogP contribution in [0.1, 0.15) is 5.56 Å². The molecule has 2 aromatic carbocycles. The van der Waals surface area contributed by atoms with Crippen LogP contribution in [-0.4, -0.2) is 21.3 Å². The van der Waals surface area contributed by atoms with Crippen molar-refractivity contribution < 1.29 is 5.11 Å². The molecule has 5 nitrogen and oxygen atoms in total. The third-order valence-corrected chi connectivity index (χ3v) is 3.24. The van der Waals surface area contributed by atoms with E-state index in [-0.39, 0.29) is 22.5 Å². The molecular weight excluding hydrogens is 284 g/mol. The summed E-state index contributed by atoms with van der Waals surface area (Å²) >= 11 is 3.94. The van der Waals surface area contributed by atoms with Crippen molar-refractivity contribution in [1.82, 2.24) is 9.97 Å². The lowest BCUT2D eigenvalue weighted by atomic mass is 10.1. The molecule has 0 saturated heterocycles. The van der Waals surface area contributed by atoms with Crippen molar-refractivity contribution in [3.63, 3.8) is 0 Å². The molecule has 0 radical (unpaired) electrons. The second-order valence-corrected chi connectivity index (χ2v) is 4.81. The minimum Gasteiger partial charge on any atom is -0.492 e. The first-order chi connectivity index (χ1) is 10.1. The highest BCUT2D eigenvalue weighted by Gasteiger charge is 2.08. The van der Waals surface area contributed by atoms with E-state index in [9.17, 15) is 5.11 Å². The summed E-state index contributed by atoms with van der Waals surface area (Å²) in [5.74, 6) is -0.201. The van der Waals surface area contributed by atoms with Crippen LogP contribution in [0.2, 0.25) is 0 Å². The average Bonchev–Trinajstić information content (AvgIpc) is 2.46. The first-order valence-electron chi connectivity index (χ1n) is 6.22. The number of anilines is 1. The van der Waals surface area contributed by atoms with Crippen molar-refractivity contribution >= 4 is 41.1 Å². The van der Waals surface area contributed by atoms with E-state index in [2.05, 4.69) is 27.6 Å². The molecule has 1 aromatic heterocycles. The summed E-state index contributed by atoms with van der Waals surface area (Å²) in [7, 11) is 0. The molecule has 0 spiro atoms. The van der Waals surface area contributed by atoms with Crippen LogP contribution in [0.25, 0.3) is 10.8 Å². The number of nitrogen functional groups attached to an aromatic ring is 1. The van der Waals surface area contributed by atoms with E-state index in [1.807, 2.05) is 42.5 Å². The van der Waals surface area contributed by atoms with E-state index in [1.165, 1.54) is 0 Å². The fraction of sp³-hybridized carbons (Fsp3) is 0. The molecule has 0 bridgehead atoms. The standard InChI is InChI=1S/C15H12N4OS/c16-13-12(14(20)19-15(21)18-13)17-8-10-6-3-5-9-4-1-2-7-11(9)10/h1-8H,(H4,16,18,19,20,21)/b17-8+. The summed E-state index contributed by atoms with van der Waals surface area (Å²) in [4.78, 5) is 11.8. The van der Waals surface area contributed by atoms with Crippen molar-refractivity contribution in [3.8, 4) is 5.88 Å². The Hall–Kier alpha value is -2.60. The number of thiol groups is 1. The molecule has 0 aliphatic heterocycles. The molecule has 104 valence electrons. The number of hydrogen-bond donors (Lipinski definition) is 3. The van der Waals surface area contributed by atoms with Gasteiger partial charge in [-0.15, -0.1) is 12.6 Å². The molecule has 3 aromatic rings. The van der Waals surface area contributed by atoms with Crippen LogP contribution in [0.5, 0.6) is 5.88 Å². The molecule has 0 unspecified atom stereocenters. The van der Waals surface area contributed by atoms with Crippen LogP contribution in [0.3, 0.4) is 0 Å². The van der Waals surface area contributed by atoms with Crippen LogP contribution in [0.4, 0.5) is 11.5 Å². The summed E-state index contributed by atoms with van der Waals surface area (Å²) in [5.41, 5.74) is 6.78. The smallest absolute Gasteiger partial charge is 0.243 e. The van der Waals surface area contributed by atoms with E-state index >= 15 is 0 Å². The Morgan fingerprint density at radius 2 is 1.86 bits per heavy atom. The molecule has 0 aliphatic carbocycles. The highest BCUT2D eigenvalue weighted by atomic mass is 32.1. The van der Waals surface area contributed by atoms with Crippen molar-refractivity contribution in [2.45, 2.75) is 5.16 Å². The van der Waals surface area contributed by atoms with Gasteiger partial charge in [0.1, 0.15) is 0 Å². The highest BCUT2D eigenvalue weighted by Crippen LogP contribution is 2.30. The topological polar surface area (TPSA) is 84.4 Å². The predicted molar refractivity (Wildman–Crippen MR) is 86.6 cm³/mol. The fourth-order valence-corrected chi connectivity index (χ4v) is 2.27. The summed E-state index contributed by atoms with van der Waals surface area (Å²) in [5, 5.41) is 12.1. The van der Waals surface area contributed by atoms with Gasteiger partial charge in [0, 0.05) is 11.8 Å². The third kappa shape index (κ3) is 2.66. The molecule has 0 atom stereocenters. The van der Waals surface area contributed by atoms with Gasteiger partial charge in [0.05, 0.1) is 0 Å². The average molecular weight is 296 g/mol. The number of hydrogen-bond acceptors (Lipinski definition) is 6. The van der Waals surface area contributed by atoms with Gasteiger partial charge in [0.2, 0.25) is 5.88 Å². The van der Waals surface area contributed by atoms with Crippen LogP contribution in [0.15, 0.2) is 52.6 Å². The first kappa shape index (κ1) is 13.4. The van der Waals surface area contributed by atoms with Gasteiger partial charge in [0.25, 0.3) is 0 Å². The maximum Gasteiger partial charge on any atom is 0.243 e. The second kappa shape index (κ2) is 5.41. The molecule has 3 N–H and O–H groups in total. The van der Waals surface area contributed by atoms with Crippen molar-refractivity contribution in [2.75, 3.05) is 5.73 Å². The van der Waals surface area contributed by atoms with E-state index in [0.717, 1.165) is 16.3 Å². The SMILES string of the molecule is Nc1nc(S)nc(O)c1/N=C/c1cccc2ccccc12. The normalized spacial score (nSPS) is 11.3. The number of fused-ring (bicyclic) bond motifs is 1. The first-order valence-corrected chi connectivity index (χ1v) is 6.67. The van der Waals surface area contributed by atoms with E-state index < -0.39 is 0 Å². The van der Waals surface area contributed by atoms with Gasteiger partial charge in [-0.3, -0.25) is 0 Å². The molecule has 21 heavy (non-hydrogen) atoms. The van der Waals surface area contributed by atoms with Gasteiger partial charge < -0.3 is 10.8 Å². The van der Waals surface area contributed by atoms with Crippen LogP contribution in [-0.2, 0) is 0 Å². The predicted octanol–water partition coefficient (Wildman–Crippen LogP) is 2.96. The van der Waals surface area contributed by atoms with Gasteiger partial charge in [-0.2, -0.15) is 4.98 Å². The number of aliphatic imine (C=N–C) groups is 1. The minimum atomic E-state index is -0.288. The third-order valence-electron chi connectivity index (χ3n) is 3.04. The Morgan fingerprint density at radius 3 is 2.67 bits per heavy atom. The van der Waals surface area contributed by atoms with E-state index in [0.29, 0.717) is 0 Å². The lowest BCUT2D eigenvalue weighted by Crippen LogP contribution is -1.95. The van der Waals surface area contributed by atoms with E-state index in [1.54, 1.807) is 6.21 Å². The number of aromatic nitrogens is 2. The van der Waals surface area contributed by atoms with Gasteiger partial charge >= 0.3 is 0 Å². The summed E-state index contributed by atoms with van der Waals surface area (Å²) in [6, 6.07) is 13.9. The Morgan fingerprint density at radius 1 is 1.10 bits per heavy atom. The molecular formula is C15H12N4OS. The van der Waals surface area contributed by atoms with Crippen molar-refractivity contribution in [2.24, 2.45) is 4.99 Å². The Bertz CT molecular complexity index is 820. The van der Waals surface area contributed by atoms with Crippen molar-refractivity contribution in [1.29, 1.82) is 0 Å². The zero-order valence-electron chi connectivity index (χ0n) is 10.9.